The van der Waals surface area contributed by atoms with Crippen molar-refractivity contribution in [2.45, 2.75) is 46.6 Å². The average molecular weight is 221 g/mol. The fraction of sp³-hybridized carbons (Fsp3) is 0.692. The van der Waals surface area contributed by atoms with E-state index in [0.29, 0.717) is 12.0 Å². The fourth-order valence-electron chi connectivity index (χ4n) is 1.97. The molecule has 0 amide bonds. The molecule has 0 fully saturated rings. The quantitative estimate of drug-likeness (QED) is 0.801. The van der Waals surface area contributed by atoms with Crippen LogP contribution in [0.5, 0.6) is 0 Å². The Morgan fingerprint density at radius 3 is 2.69 bits per heavy atom. The van der Waals surface area contributed by atoms with E-state index in [1.54, 1.807) is 0 Å². The van der Waals surface area contributed by atoms with Crippen LogP contribution < -0.4 is 5.32 Å². The normalized spacial score (nSPS) is 13.1. The molecule has 90 valence electrons. The van der Waals surface area contributed by atoms with Gasteiger partial charge in [-0.2, -0.15) is 0 Å². The van der Waals surface area contributed by atoms with Gasteiger partial charge in [-0.15, -0.1) is 0 Å². The number of rotatable bonds is 6. The molecule has 0 aliphatic carbocycles. The minimum absolute atomic E-state index is 0.527. The molecule has 16 heavy (non-hydrogen) atoms. The van der Waals surface area contributed by atoms with E-state index in [1.807, 2.05) is 19.2 Å². The first-order valence-corrected chi connectivity index (χ1v) is 6.13. The van der Waals surface area contributed by atoms with Crippen molar-refractivity contribution in [3.8, 4) is 0 Å². The third kappa shape index (κ3) is 4.71. The van der Waals surface area contributed by atoms with E-state index in [1.165, 1.54) is 6.42 Å². The Morgan fingerprint density at radius 2 is 2.12 bits per heavy atom. The highest BCUT2D eigenvalue weighted by Gasteiger charge is 2.11. The van der Waals surface area contributed by atoms with Gasteiger partial charge in [-0.3, -0.25) is 0 Å². The van der Waals surface area contributed by atoms with E-state index in [9.17, 15) is 0 Å². The molecule has 0 aromatic carbocycles. The van der Waals surface area contributed by atoms with Crippen molar-refractivity contribution < 1.29 is 0 Å². The first kappa shape index (κ1) is 13.1. The average Bonchev–Trinajstić information content (AvgIpc) is 2.16. The Bertz CT molecular complexity index is 310. The van der Waals surface area contributed by atoms with Crippen LogP contribution in [0.25, 0.3) is 0 Å². The lowest BCUT2D eigenvalue weighted by molar-refractivity contribution is 0.421. The predicted octanol–water partition coefficient (Wildman–Crippen LogP) is 2.35. The summed E-state index contributed by atoms with van der Waals surface area (Å²) in [4.78, 5) is 8.57. The zero-order chi connectivity index (χ0) is 12.0. The highest BCUT2D eigenvalue weighted by atomic mass is 14.9. The summed E-state index contributed by atoms with van der Waals surface area (Å²) in [5, 5.41) is 3.52. The van der Waals surface area contributed by atoms with Crippen molar-refractivity contribution in [1.82, 2.24) is 15.3 Å². The van der Waals surface area contributed by atoms with Gasteiger partial charge in [0.15, 0.2) is 0 Å². The molecule has 1 unspecified atom stereocenters. The van der Waals surface area contributed by atoms with Crippen molar-refractivity contribution in [3.05, 3.63) is 23.8 Å². The molecule has 0 spiro atoms. The summed E-state index contributed by atoms with van der Waals surface area (Å²) in [6.45, 7) is 9.62. The van der Waals surface area contributed by atoms with Gasteiger partial charge >= 0.3 is 0 Å². The molecule has 0 aliphatic heterocycles. The number of hydrogen-bond donors (Lipinski definition) is 1. The van der Waals surface area contributed by atoms with Crippen molar-refractivity contribution >= 4 is 0 Å². The minimum atomic E-state index is 0.527. The van der Waals surface area contributed by atoms with Gasteiger partial charge in [0.1, 0.15) is 5.82 Å². The summed E-state index contributed by atoms with van der Waals surface area (Å²) in [7, 11) is 0. The summed E-state index contributed by atoms with van der Waals surface area (Å²) >= 11 is 0. The van der Waals surface area contributed by atoms with Crippen molar-refractivity contribution in [2.24, 2.45) is 5.92 Å². The Hall–Kier alpha value is -0.960. The molecule has 0 saturated carbocycles. The standard InChI is InChI=1S/C13H23N3/c1-5-14-13(8-10(2)3)9-12-6-7-15-11(4)16-12/h6-7,10,13-14H,5,8-9H2,1-4H3. The maximum Gasteiger partial charge on any atom is 0.125 e. The van der Waals surface area contributed by atoms with Crippen LogP contribution in [0.1, 0.15) is 38.7 Å². The van der Waals surface area contributed by atoms with Gasteiger partial charge in [0.2, 0.25) is 0 Å². The lowest BCUT2D eigenvalue weighted by atomic mass is 9.99. The second-order valence-corrected chi connectivity index (χ2v) is 4.68. The Kier molecular flexibility index (Phi) is 5.39. The second kappa shape index (κ2) is 6.59. The molecule has 1 rings (SSSR count). The molecule has 0 aliphatic rings. The molecule has 1 N–H and O–H groups in total. The third-order valence-electron chi connectivity index (χ3n) is 2.54. The monoisotopic (exact) mass is 221 g/mol. The maximum absolute atomic E-state index is 4.45. The Balaban J connectivity index is 2.60. The van der Waals surface area contributed by atoms with Crippen LogP contribution in [-0.2, 0) is 6.42 Å². The van der Waals surface area contributed by atoms with Gasteiger partial charge in [-0.1, -0.05) is 20.8 Å². The lowest BCUT2D eigenvalue weighted by Crippen LogP contribution is -2.32. The van der Waals surface area contributed by atoms with E-state index in [0.717, 1.165) is 24.5 Å². The van der Waals surface area contributed by atoms with E-state index in [4.69, 9.17) is 0 Å². The number of likely N-dealkylation sites (N-methyl/N-ethyl adjacent to an activating group) is 1. The number of nitrogens with zero attached hydrogens (tertiary/aromatic N) is 2. The molecule has 1 aromatic rings. The van der Waals surface area contributed by atoms with Crippen LogP contribution in [-0.4, -0.2) is 22.6 Å². The summed E-state index contributed by atoms with van der Waals surface area (Å²) in [6, 6.07) is 2.54. The Labute approximate surface area is 98.7 Å². The molecular weight excluding hydrogens is 198 g/mol. The first-order valence-electron chi connectivity index (χ1n) is 6.13. The maximum atomic E-state index is 4.45. The van der Waals surface area contributed by atoms with Crippen molar-refractivity contribution in [3.63, 3.8) is 0 Å². The van der Waals surface area contributed by atoms with Crippen LogP contribution in [0.15, 0.2) is 12.3 Å². The van der Waals surface area contributed by atoms with E-state index < -0.39 is 0 Å². The zero-order valence-electron chi connectivity index (χ0n) is 10.8. The Morgan fingerprint density at radius 1 is 1.38 bits per heavy atom. The van der Waals surface area contributed by atoms with Crippen LogP contribution in [0, 0.1) is 12.8 Å². The van der Waals surface area contributed by atoms with E-state index >= 15 is 0 Å². The van der Waals surface area contributed by atoms with Gasteiger partial charge in [0, 0.05) is 24.4 Å². The molecule has 1 heterocycles. The number of aryl methyl sites for hydroxylation is 1. The molecule has 1 atom stereocenters. The molecule has 0 bridgehead atoms. The smallest absolute Gasteiger partial charge is 0.125 e. The first-order chi connectivity index (χ1) is 7.61. The molecule has 1 aromatic heterocycles. The van der Waals surface area contributed by atoms with Gasteiger partial charge in [0.25, 0.3) is 0 Å². The van der Waals surface area contributed by atoms with Gasteiger partial charge in [0.05, 0.1) is 0 Å². The third-order valence-corrected chi connectivity index (χ3v) is 2.54. The van der Waals surface area contributed by atoms with Gasteiger partial charge in [-0.05, 0) is 31.9 Å². The number of nitrogens with one attached hydrogen (secondary N) is 1. The topological polar surface area (TPSA) is 37.8 Å². The largest absolute Gasteiger partial charge is 0.314 e. The number of aromatic nitrogens is 2. The second-order valence-electron chi connectivity index (χ2n) is 4.68. The van der Waals surface area contributed by atoms with Crippen molar-refractivity contribution in [1.29, 1.82) is 0 Å². The van der Waals surface area contributed by atoms with Crippen LogP contribution in [0.4, 0.5) is 0 Å². The van der Waals surface area contributed by atoms with Crippen LogP contribution in [0.3, 0.4) is 0 Å². The highest BCUT2D eigenvalue weighted by Crippen LogP contribution is 2.09. The summed E-state index contributed by atoms with van der Waals surface area (Å²) in [6.07, 6.45) is 4.03. The van der Waals surface area contributed by atoms with E-state index in [-0.39, 0.29) is 0 Å². The molecule has 0 radical (unpaired) electrons. The zero-order valence-corrected chi connectivity index (χ0v) is 10.8. The lowest BCUT2D eigenvalue weighted by Gasteiger charge is -2.19. The molecule has 3 heteroatoms. The summed E-state index contributed by atoms with van der Waals surface area (Å²) in [5.41, 5.74) is 1.14. The molecule has 3 nitrogen and oxygen atoms in total. The van der Waals surface area contributed by atoms with Gasteiger partial charge in [-0.25, -0.2) is 9.97 Å². The minimum Gasteiger partial charge on any atom is -0.314 e. The van der Waals surface area contributed by atoms with Crippen LogP contribution >= 0.6 is 0 Å². The van der Waals surface area contributed by atoms with Crippen LogP contribution in [0.2, 0.25) is 0 Å². The van der Waals surface area contributed by atoms with Crippen molar-refractivity contribution in [2.75, 3.05) is 6.54 Å². The molecule has 0 saturated heterocycles. The predicted molar refractivity (Wildman–Crippen MR) is 67.4 cm³/mol. The van der Waals surface area contributed by atoms with Gasteiger partial charge < -0.3 is 5.32 Å². The van der Waals surface area contributed by atoms with E-state index in [2.05, 4.69) is 36.1 Å². The SMILES string of the molecule is CCNC(Cc1ccnc(C)n1)CC(C)C. The summed E-state index contributed by atoms with van der Waals surface area (Å²) in [5.74, 6) is 1.57. The highest BCUT2D eigenvalue weighted by molar-refractivity contribution is 5.03. The molecular formula is C13H23N3. The summed E-state index contributed by atoms with van der Waals surface area (Å²) < 4.78 is 0. The fourth-order valence-corrected chi connectivity index (χ4v) is 1.97. The number of hydrogen-bond acceptors (Lipinski definition) is 3.